The molecule has 1 fully saturated rings. The van der Waals surface area contributed by atoms with Gasteiger partial charge in [0.1, 0.15) is 5.82 Å². The van der Waals surface area contributed by atoms with Gasteiger partial charge in [-0.2, -0.15) is 0 Å². The van der Waals surface area contributed by atoms with E-state index in [-0.39, 0.29) is 12.1 Å². The first-order chi connectivity index (χ1) is 15.6. The fraction of sp³-hybridized carbons (Fsp3) is 0.192. The van der Waals surface area contributed by atoms with E-state index in [0.717, 1.165) is 34.2 Å². The third-order valence-corrected chi connectivity index (χ3v) is 6.43. The molecule has 2 atom stereocenters. The Kier molecular flexibility index (Phi) is 5.23. The number of nitrogens with zero attached hydrogens (tertiary/aromatic N) is 4. The van der Waals surface area contributed by atoms with Crippen molar-refractivity contribution >= 4 is 23.0 Å². The van der Waals surface area contributed by atoms with Gasteiger partial charge in [0.2, 0.25) is 0 Å². The van der Waals surface area contributed by atoms with E-state index < -0.39 is 0 Å². The second-order valence-electron chi connectivity index (χ2n) is 8.14. The normalized spacial score (nSPS) is 18.1. The number of thiocarbonyl (C=S) groups is 1. The lowest BCUT2D eigenvalue weighted by Gasteiger charge is -2.28. The highest BCUT2D eigenvalue weighted by atomic mass is 32.1. The molecule has 0 bridgehead atoms. The maximum Gasteiger partial charge on any atom is 0.174 e. The van der Waals surface area contributed by atoms with Crippen LogP contribution in [0.4, 0.5) is 5.69 Å². The Labute approximate surface area is 193 Å². The largest absolute Gasteiger partial charge is 0.351 e. The predicted molar refractivity (Wildman–Crippen MR) is 132 cm³/mol. The van der Waals surface area contributed by atoms with E-state index >= 15 is 0 Å². The number of benzene rings is 1. The van der Waals surface area contributed by atoms with Crippen molar-refractivity contribution in [1.82, 2.24) is 19.9 Å². The van der Waals surface area contributed by atoms with E-state index in [1.807, 2.05) is 48.8 Å². The van der Waals surface area contributed by atoms with Gasteiger partial charge in [-0.1, -0.05) is 30.3 Å². The van der Waals surface area contributed by atoms with Crippen LogP contribution in [-0.2, 0) is 0 Å². The standard InChI is InChI=1S/C26H25N5S/c1-17-10-9-15-28-25(17)30-18(2)16-21(19(30)3)24-23(22-13-7-8-14-27-22)29-26(32)31(24)20-11-5-4-6-12-20/h4-16,23-24H,1-3H3,(H,29,32)/t23-,24-/m1/s1. The van der Waals surface area contributed by atoms with Gasteiger partial charge < -0.3 is 14.8 Å². The third-order valence-electron chi connectivity index (χ3n) is 6.12. The van der Waals surface area contributed by atoms with E-state index in [4.69, 9.17) is 12.2 Å². The molecule has 0 unspecified atom stereocenters. The highest BCUT2D eigenvalue weighted by Crippen LogP contribution is 2.43. The minimum absolute atomic E-state index is 0.0382. The summed E-state index contributed by atoms with van der Waals surface area (Å²) in [7, 11) is 0. The molecular weight excluding hydrogens is 414 g/mol. The number of aryl methyl sites for hydroxylation is 2. The minimum Gasteiger partial charge on any atom is -0.351 e. The molecule has 4 heterocycles. The molecule has 32 heavy (non-hydrogen) atoms. The molecule has 1 aromatic carbocycles. The molecule has 0 aliphatic carbocycles. The molecule has 5 nitrogen and oxygen atoms in total. The van der Waals surface area contributed by atoms with Crippen LogP contribution in [0.15, 0.2) is 79.1 Å². The van der Waals surface area contributed by atoms with Crippen molar-refractivity contribution < 1.29 is 0 Å². The summed E-state index contributed by atoms with van der Waals surface area (Å²) in [6.07, 6.45) is 3.68. The number of hydrogen-bond donors (Lipinski definition) is 1. The van der Waals surface area contributed by atoms with Crippen molar-refractivity contribution in [1.29, 1.82) is 0 Å². The summed E-state index contributed by atoms with van der Waals surface area (Å²) < 4.78 is 2.24. The monoisotopic (exact) mass is 439 g/mol. The van der Waals surface area contributed by atoms with E-state index in [1.54, 1.807) is 0 Å². The quantitative estimate of drug-likeness (QED) is 0.433. The SMILES string of the molecule is Cc1cccnc1-n1c(C)cc([C@@H]2[C@@H](c3ccccn3)NC(=S)N2c2ccccc2)c1C. The summed E-state index contributed by atoms with van der Waals surface area (Å²) in [6, 6.07) is 22.6. The summed E-state index contributed by atoms with van der Waals surface area (Å²) in [6.45, 7) is 6.39. The molecule has 3 aromatic heterocycles. The average Bonchev–Trinajstić information content (AvgIpc) is 3.31. The molecule has 6 heteroatoms. The van der Waals surface area contributed by atoms with Crippen molar-refractivity contribution in [2.24, 2.45) is 0 Å². The molecule has 0 amide bonds. The molecule has 1 N–H and O–H groups in total. The number of anilines is 1. The lowest BCUT2D eigenvalue weighted by Crippen LogP contribution is -2.29. The molecule has 0 saturated carbocycles. The molecule has 1 aliphatic heterocycles. The number of nitrogens with one attached hydrogen (secondary N) is 1. The average molecular weight is 440 g/mol. The van der Waals surface area contributed by atoms with Crippen molar-refractivity contribution in [2.45, 2.75) is 32.9 Å². The van der Waals surface area contributed by atoms with Gasteiger partial charge in [-0.25, -0.2) is 4.98 Å². The van der Waals surface area contributed by atoms with Crippen molar-refractivity contribution in [3.8, 4) is 5.82 Å². The van der Waals surface area contributed by atoms with Crippen LogP contribution < -0.4 is 10.2 Å². The van der Waals surface area contributed by atoms with Crippen LogP contribution in [0.2, 0.25) is 0 Å². The molecule has 5 rings (SSSR count). The van der Waals surface area contributed by atoms with Gasteiger partial charge in [-0.15, -0.1) is 0 Å². The Hall–Kier alpha value is -3.51. The van der Waals surface area contributed by atoms with Gasteiger partial charge in [0, 0.05) is 29.5 Å². The molecule has 4 aromatic rings. The first kappa shape index (κ1) is 20.4. The second kappa shape index (κ2) is 8.20. The van der Waals surface area contributed by atoms with Crippen molar-refractivity contribution in [2.75, 3.05) is 4.90 Å². The zero-order valence-electron chi connectivity index (χ0n) is 18.4. The van der Waals surface area contributed by atoms with Gasteiger partial charge >= 0.3 is 0 Å². The van der Waals surface area contributed by atoms with Gasteiger partial charge in [0.15, 0.2) is 5.11 Å². The van der Waals surface area contributed by atoms with E-state index in [9.17, 15) is 0 Å². The zero-order chi connectivity index (χ0) is 22.2. The summed E-state index contributed by atoms with van der Waals surface area (Å²) >= 11 is 5.84. The molecule has 160 valence electrons. The first-order valence-corrected chi connectivity index (χ1v) is 11.1. The number of hydrogen-bond acceptors (Lipinski definition) is 3. The fourth-order valence-electron chi connectivity index (χ4n) is 4.66. The van der Waals surface area contributed by atoms with Crippen LogP contribution in [0.1, 0.15) is 40.3 Å². The van der Waals surface area contributed by atoms with Crippen molar-refractivity contribution in [3.05, 3.63) is 107 Å². The van der Waals surface area contributed by atoms with Crippen LogP contribution in [0.25, 0.3) is 5.82 Å². The second-order valence-corrected chi connectivity index (χ2v) is 8.52. The summed E-state index contributed by atoms with van der Waals surface area (Å²) in [4.78, 5) is 11.6. The Balaban J connectivity index is 1.70. The van der Waals surface area contributed by atoms with Crippen LogP contribution in [0.5, 0.6) is 0 Å². The van der Waals surface area contributed by atoms with E-state index in [0.29, 0.717) is 5.11 Å². The van der Waals surface area contributed by atoms with Gasteiger partial charge in [0.05, 0.1) is 17.8 Å². The highest BCUT2D eigenvalue weighted by molar-refractivity contribution is 7.80. The van der Waals surface area contributed by atoms with E-state index in [1.165, 1.54) is 5.56 Å². The third kappa shape index (κ3) is 3.37. The lowest BCUT2D eigenvalue weighted by atomic mass is 9.96. The van der Waals surface area contributed by atoms with Crippen LogP contribution in [0, 0.1) is 20.8 Å². The molecule has 1 saturated heterocycles. The number of para-hydroxylation sites is 1. The number of pyridine rings is 2. The van der Waals surface area contributed by atoms with E-state index in [2.05, 4.69) is 75.9 Å². The molecular formula is C26H25N5S. The lowest BCUT2D eigenvalue weighted by molar-refractivity contribution is 0.565. The van der Waals surface area contributed by atoms with Crippen LogP contribution >= 0.6 is 12.2 Å². The Morgan fingerprint density at radius 2 is 1.62 bits per heavy atom. The van der Waals surface area contributed by atoms with Crippen LogP contribution in [0.3, 0.4) is 0 Å². The molecule has 0 spiro atoms. The topological polar surface area (TPSA) is 46.0 Å². The molecule has 1 aliphatic rings. The summed E-state index contributed by atoms with van der Waals surface area (Å²) in [5.74, 6) is 0.961. The fourth-order valence-corrected chi connectivity index (χ4v) is 5.01. The smallest absolute Gasteiger partial charge is 0.174 e. The summed E-state index contributed by atoms with van der Waals surface area (Å²) in [5.41, 5.74) is 6.68. The maximum atomic E-state index is 5.84. The number of aromatic nitrogens is 3. The first-order valence-electron chi connectivity index (χ1n) is 10.7. The predicted octanol–water partition coefficient (Wildman–Crippen LogP) is 5.37. The summed E-state index contributed by atoms with van der Waals surface area (Å²) in [5, 5.41) is 4.25. The van der Waals surface area contributed by atoms with Crippen molar-refractivity contribution in [3.63, 3.8) is 0 Å². The maximum absolute atomic E-state index is 5.84. The van der Waals surface area contributed by atoms with Gasteiger partial charge in [-0.3, -0.25) is 4.98 Å². The Bertz CT molecular complexity index is 1270. The van der Waals surface area contributed by atoms with Gasteiger partial charge in [0.25, 0.3) is 0 Å². The minimum atomic E-state index is -0.0670. The molecule has 0 radical (unpaired) electrons. The highest BCUT2D eigenvalue weighted by Gasteiger charge is 2.42. The Morgan fingerprint density at radius 3 is 2.34 bits per heavy atom. The number of rotatable bonds is 4. The zero-order valence-corrected chi connectivity index (χ0v) is 19.2. The van der Waals surface area contributed by atoms with Gasteiger partial charge in [-0.05, 0) is 80.5 Å². The Morgan fingerprint density at radius 1 is 0.875 bits per heavy atom. The van der Waals surface area contributed by atoms with Crippen LogP contribution in [-0.4, -0.2) is 19.6 Å².